The largest absolute Gasteiger partial charge is 0.381 e. The van der Waals surface area contributed by atoms with Crippen LogP contribution in [-0.4, -0.2) is 4.92 Å². The van der Waals surface area contributed by atoms with Gasteiger partial charge in [0.25, 0.3) is 5.69 Å². The molecule has 2 aromatic carbocycles. The van der Waals surface area contributed by atoms with Gasteiger partial charge in [0, 0.05) is 32.4 Å². The normalized spacial score (nSPS) is 10.2. The lowest BCUT2D eigenvalue weighted by Gasteiger charge is -2.08. The summed E-state index contributed by atoms with van der Waals surface area (Å²) in [5.74, 6) is 0. The first kappa shape index (κ1) is 14.3. The minimum absolute atomic E-state index is 0.0879. The predicted molar refractivity (Wildman–Crippen MR) is 87.3 cm³/mol. The average Bonchev–Trinajstić information content (AvgIpc) is 2.39. The van der Waals surface area contributed by atoms with Crippen LogP contribution in [0.4, 0.5) is 11.4 Å². The highest BCUT2D eigenvalue weighted by Gasteiger charge is 2.08. The Morgan fingerprint density at radius 1 is 1.21 bits per heavy atom. The van der Waals surface area contributed by atoms with E-state index < -0.39 is 4.92 Å². The first-order valence-electron chi connectivity index (χ1n) is 5.48. The number of nitro benzene ring substituents is 1. The van der Waals surface area contributed by atoms with Crippen molar-refractivity contribution in [2.75, 3.05) is 5.32 Å². The Kier molecular flexibility index (Phi) is 4.76. The third-order valence-electron chi connectivity index (χ3n) is 2.57. The summed E-state index contributed by atoms with van der Waals surface area (Å²) in [6, 6.07) is 12.8. The summed E-state index contributed by atoms with van der Waals surface area (Å²) in [6.45, 7) is 0.610. The summed E-state index contributed by atoms with van der Waals surface area (Å²) < 4.78 is 1.92. The molecule has 0 aliphatic rings. The second kappa shape index (κ2) is 6.33. The Balaban J connectivity index is 2.07. The van der Waals surface area contributed by atoms with Crippen LogP contribution in [0, 0.1) is 13.7 Å². The highest BCUT2D eigenvalue weighted by atomic mass is 127. The van der Waals surface area contributed by atoms with Gasteiger partial charge in [-0.2, -0.15) is 0 Å². The molecule has 1 N–H and O–H groups in total. The summed E-state index contributed by atoms with van der Waals surface area (Å²) in [4.78, 5) is 10.2. The van der Waals surface area contributed by atoms with E-state index in [1.165, 1.54) is 15.7 Å². The molecule has 0 fully saturated rings. The first-order valence-corrected chi connectivity index (χ1v) is 7.35. The lowest BCUT2D eigenvalue weighted by molar-refractivity contribution is -0.384. The summed E-state index contributed by atoms with van der Waals surface area (Å²) in [7, 11) is 0. The molecule has 0 amide bonds. The average molecular weight is 433 g/mol. The van der Waals surface area contributed by atoms with Crippen LogP contribution in [0.3, 0.4) is 0 Å². The monoisotopic (exact) mass is 432 g/mol. The van der Waals surface area contributed by atoms with Crippen molar-refractivity contribution in [3.8, 4) is 0 Å². The molecule has 0 atom stereocenters. The van der Waals surface area contributed by atoms with E-state index in [9.17, 15) is 10.1 Å². The summed E-state index contributed by atoms with van der Waals surface area (Å²) >= 11 is 5.61. The molecule has 0 aliphatic heterocycles. The lowest BCUT2D eigenvalue weighted by atomic mass is 10.2. The lowest BCUT2D eigenvalue weighted by Crippen LogP contribution is -2.00. The van der Waals surface area contributed by atoms with Crippen molar-refractivity contribution in [3.05, 3.63) is 66.2 Å². The molecule has 2 rings (SSSR count). The molecule has 2 aromatic rings. The van der Waals surface area contributed by atoms with E-state index in [2.05, 4.69) is 43.8 Å². The molecule has 19 heavy (non-hydrogen) atoms. The van der Waals surface area contributed by atoms with Gasteiger partial charge in [0.1, 0.15) is 0 Å². The Morgan fingerprint density at radius 2 is 1.89 bits per heavy atom. The van der Waals surface area contributed by atoms with Gasteiger partial charge in [-0.1, -0.05) is 15.9 Å². The number of nitro groups is 1. The van der Waals surface area contributed by atoms with Crippen LogP contribution in [0.5, 0.6) is 0 Å². The Morgan fingerprint density at radius 3 is 2.47 bits per heavy atom. The fourth-order valence-corrected chi connectivity index (χ4v) is 2.42. The second-order valence-corrected chi connectivity index (χ2v) is 5.99. The van der Waals surface area contributed by atoms with Gasteiger partial charge in [0.2, 0.25) is 0 Å². The van der Waals surface area contributed by atoms with Crippen molar-refractivity contribution in [1.82, 2.24) is 0 Å². The zero-order valence-corrected chi connectivity index (χ0v) is 13.5. The van der Waals surface area contributed by atoms with Gasteiger partial charge < -0.3 is 5.32 Å². The van der Waals surface area contributed by atoms with Crippen molar-refractivity contribution >= 4 is 49.9 Å². The Labute approximate surface area is 132 Å². The van der Waals surface area contributed by atoms with E-state index in [1.807, 2.05) is 24.3 Å². The number of rotatable bonds is 4. The van der Waals surface area contributed by atoms with Crippen LogP contribution >= 0.6 is 38.5 Å². The van der Waals surface area contributed by atoms with Crippen LogP contribution in [0.2, 0.25) is 0 Å². The van der Waals surface area contributed by atoms with Gasteiger partial charge in [-0.3, -0.25) is 10.1 Å². The Bertz CT molecular complexity index is 602. The molecular weight excluding hydrogens is 423 g/mol. The molecule has 4 nitrogen and oxygen atoms in total. The fraction of sp³-hybridized carbons (Fsp3) is 0.0769. The van der Waals surface area contributed by atoms with E-state index in [1.54, 1.807) is 6.07 Å². The zero-order chi connectivity index (χ0) is 13.8. The smallest absolute Gasteiger partial charge is 0.270 e. The van der Waals surface area contributed by atoms with E-state index in [0.29, 0.717) is 6.54 Å². The van der Waals surface area contributed by atoms with Crippen LogP contribution in [-0.2, 0) is 6.54 Å². The molecule has 0 bridgehead atoms. The second-order valence-electron chi connectivity index (χ2n) is 3.89. The third kappa shape index (κ3) is 3.90. The molecule has 0 radical (unpaired) electrons. The summed E-state index contributed by atoms with van der Waals surface area (Å²) in [6.07, 6.45) is 0. The topological polar surface area (TPSA) is 55.2 Å². The van der Waals surface area contributed by atoms with E-state index in [-0.39, 0.29) is 5.69 Å². The highest BCUT2D eigenvalue weighted by molar-refractivity contribution is 14.1. The van der Waals surface area contributed by atoms with E-state index >= 15 is 0 Å². The molecule has 0 unspecified atom stereocenters. The summed E-state index contributed by atoms with van der Waals surface area (Å²) in [5.41, 5.74) is 2.08. The number of non-ortho nitro benzene ring substituents is 1. The Hall–Kier alpha value is -1.15. The number of hydrogen-bond acceptors (Lipinski definition) is 3. The quantitative estimate of drug-likeness (QED) is 0.437. The molecule has 0 saturated carbocycles. The van der Waals surface area contributed by atoms with Crippen LogP contribution in [0.1, 0.15) is 5.56 Å². The van der Waals surface area contributed by atoms with Gasteiger partial charge in [-0.25, -0.2) is 0 Å². The minimum atomic E-state index is -0.402. The van der Waals surface area contributed by atoms with Crippen LogP contribution < -0.4 is 5.32 Å². The number of benzene rings is 2. The van der Waals surface area contributed by atoms with Crippen molar-refractivity contribution in [3.63, 3.8) is 0 Å². The highest BCUT2D eigenvalue weighted by Crippen LogP contribution is 2.24. The number of anilines is 1. The van der Waals surface area contributed by atoms with Gasteiger partial charge in [0.05, 0.1) is 4.92 Å². The maximum absolute atomic E-state index is 10.6. The third-order valence-corrected chi connectivity index (χ3v) is 4.03. The van der Waals surface area contributed by atoms with Gasteiger partial charge in [0.15, 0.2) is 0 Å². The van der Waals surface area contributed by atoms with Crippen LogP contribution in [0.15, 0.2) is 46.9 Å². The first-order chi connectivity index (χ1) is 9.06. The fourth-order valence-electron chi connectivity index (χ4n) is 1.56. The van der Waals surface area contributed by atoms with Gasteiger partial charge >= 0.3 is 0 Å². The zero-order valence-electron chi connectivity index (χ0n) is 9.77. The summed E-state index contributed by atoms with van der Waals surface area (Å²) in [5, 5.41) is 13.9. The molecule has 0 heterocycles. The van der Waals surface area contributed by atoms with Gasteiger partial charge in [-0.05, 0) is 58.5 Å². The maximum atomic E-state index is 10.6. The molecule has 6 heteroatoms. The predicted octanol–water partition coefficient (Wildman–Crippen LogP) is 4.57. The number of nitrogens with zero attached hydrogens (tertiary/aromatic N) is 1. The number of nitrogens with one attached hydrogen (secondary N) is 1. The van der Waals surface area contributed by atoms with E-state index in [0.717, 1.165) is 15.7 Å². The standard InChI is InChI=1S/C13H10BrIN2O2/c14-13-7-12(17(18)19)6-1-9(13)8-16-11-4-2-10(15)3-5-11/h1-7,16H,8H2. The van der Waals surface area contributed by atoms with E-state index in [4.69, 9.17) is 0 Å². The van der Waals surface area contributed by atoms with Gasteiger partial charge in [-0.15, -0.1) is 0 Å². The van der Waals surface area contributed by atoms with Crippen molar-refractivity contribution in [2.24, 2.45) is 0 Å². The SMILES string of the molecule is O=[N+]([O-])c1ccc(CNc2ccc(I)cc2)c(Br)c1. The number of hydrogen-bond donors (Lipinski definition) is 1. The molecule has 0 saturated heterocycles. The minimum Gasteiger partial charge on any atom is -0.381 e. The molecule has 98 valence electrons. The van der Waals surface area contributed by atoms with Crippen molar-refractivity contribution < 1.29 is 4.92 Å². The number of halogens is 2. The maximum Gasteiger partial charge on any atom is 0.270 e. The molecular formula is C13H10BrIN2O2. The molecule has 0 spiro atoms. The van der Waals surface area contributed by atoms with Crippen molar-refractivity contribution in [2.45, 2.75) is 6.54 Å². The molecule has 0 aromatic heterocycles. The molecule has 0 aliphatic carbocycles. The van der Waals surface area contributed by atoms with Crippen LogP contribution in [0.25, 0.3) is 0 Å². The van der Waals surface area contributed by atoms with Crippen molar-refractivity contribution in [1.29, 1.82) is 0 Å².